The quantitative estimate of drug-likeness (QED) is 0.506. The third-order valence-corrected chi connectivity index (χ3v) is 3.03. The molecule has 0 saturated heterocycles. The highest BCUT2D eigenvalue weighted by molar-refractivity contribution is 7.99. The lowest BCUT2D eigenvalue weighted by Gasteiger charge is -1.99. The second kappa shape index (κ2) is 4.61. The average molecular weight is 267 g/mol. The van der Waals surface area contributed by atoms with Gasteiger partial charge in [0.1, 0.15) is 12.1 Å². The van der Waals surface area contributed by atoms with Crippen molar-refractivity contribution in [3.63, 3.8) is 0 Å². The maximum atomic E-state index is 10.9. The van der Waals surface area contributed by atoms with E-state index in [4.69, 9.17) is 10.2 Å². The Kier molecular flexibility index (Phi) is 3.15. The van der Waals surface area contributed by atoms with Gasteiger partial charge < -0.3 is 10.2 Å². The van der Waals surface area contributed by atoms with Crippen LogP contribution >= 0.6 is 11.8 Å². The SMILES string of the molecule is Cc1nc(Sc2ncnc(N)c2[N+](=O)[O-])oc1C. The topological polar surface area (TPSA) is 121 Å². The maximum absolute atomic E-state index is 10.9. The summed E-state index contributed by atoms with van der Waals surface area (Å²) in [4.78, 5) is 21.8. The zero-order valence-electron chi connectivity index (χ0n) is 9.58. The first-order valence-corrected chi connectivity index (χ1v) is 5.67. The molecule has 0 atom stereocenters. The normalized spacial score (nSPS) is 10.6. The van der Waals surface area contributed by atoms with Gasteiger partial charge in [0.2, 0.25) is 5.82 Å². The Morgan fingerprint density at radius 1 is 1.44 bits per heavy atom. The van der Waals surface area contributed by atoms with E-state index in [1.54, 1.807) is 13.8 Å². The van der Waals surface area contributed by atoms with Crippen molar-refractivity contribution < 1.29 is 9.34 Å². The molecule has 0 aliphatic carbocycles. The third kappa shape index (κ3) is 2.25. The monoisotopic (exact) mass is 267 g/mol. The lowest BCUT2D eigenvalue weighted by molar-refractivity contribution is -0.387. The molecule has 94 valence electrons. The lowest BCUT2D eigenvalue weighted by atomic mass is 10.4. The second-order valence-electron chi connectivity index (χ2n) is 3.39. The fourth-order valence-electron chi connectivity index (χ4n) is 1.19. The maximum Gasteiger partial charge on any atom is 0.343 e. The summed E-state index contributed by atoms with van der Waals surface area (Å²) in [5.74, 6) is 0.472. The summed E-state index contributed by atoms with van der Waals surface area (Å²) in [5, 5.41) is 11.3. The van der Waals surface area contributed by atoms with E-state index in [1.165, 1.54) is 0 Å². The number of aromatic nitrogens is 3. The Bertz CT molecular complexity index is 593. The van der Waals surface area contributed by atoms with Crippen molar-refractivity contribution in [3.05, 3.63) is 27.9 Å². The first kappa shape index (κ1) is 12.3. The first-order chi connectivity index (χ1) is 8.49. The van der Waals surface area contributed by atoms with E-state index in [1.807, 2.05) is 0 Å². The van der Waals surface area contributed by atoms with Gasteiger partial charge in [0.25, 0.3) is 5.22 Å². The van der Waals surface area contributed by atoms with E-state index in [9.17, 15) is 10.1 Å². The summed E-state index contributed by atoms with van der Waals surface area (Å²) >= 11 is 0.941. The highest BCUT2D eigenvalue weighted by atomic mass is 32.2. The molecule has 0 aromatic carbocycles. The fraction of sp³-hybridized carbons (Fsp3) is 0.222. The molecule has 0 amide bonds. The fourth-order valence-corrected chi connectivity index (χ4v) is 2.08. The summed E-state index contributed by atoms with van der Waals surface area (Å²) in [6.45, 7) is 3.54. The van der Waals surface area contributed by atoms with Crippen LogP contribution < -0.4 is 5.73 Å². The van der Waals surface area contributed by atoms with Crippen molar-refractivity contribution in [3.8, 4) is 0 Å². The molecule has 0 aliphatic rings. The number of hydrogen-bond donors (Lipinski definition) is 1. The van der Waals surface area contributed by atoms with Crippen LogP contribution in [0.3, 0.4) is 0 Å². The van der Waals surface area contributed by atoms with Crippen LogP contribution in [0, 0.1) is 24.0 Å². The third-order valence-electron chi connectivity index (χ3n) is 2.19. The summed E-state index contributed by atoms with van der Waals surface area (Å²) in [7, 11) is 0. The highest BCUT2D eigenvalue weighted by Gasteiger charge is 2.23. The van der Waals surface area contributed by atoms with Gasteiger partial charge in [-0.05, 0) is 25.6 Å². The minimum Gasteiger partial charge on any atom is -0.436 e. The van der Waals surface area contributed by atoms with Crippen LogP contribution in [-0.2, 0) is 0 Å². The van der Waals surface area contributed by atoms with E-state index in [0.717, 1.165) is 23.8 Å². The number of nitrogens with two attached hydrogens (primary N) is 1. The van der Waals surface area contributed by atoms with Crippen LogP contribution in [0.2, 0.25) is 0 Å². The van der Waals surface area contributed by atoms with Gasteiger partial charge in [0.15, 0.2) is 5.03 Å². The van der Waals surface area contributed by atoms with Crippen molar-refractivity contribution in [2.75, 3.05) is 5.73 Å². The van der Waals surface area contributed by atoms with Crippen molar-refractivity contribution in [2.24, 2.45) is 0 Å². The number of hydrogen-bond acceptors (Lipinski definition) is 8. The Balaban J connectivity index is 2.40. The number of nitrogen functional groups attached to an aromatic ring is 1. The predicted octanol–water partition coefficient (Wildman–Crippen LogP) is 1.72. The van der Waals surface area contributed by atoms with Gasteiger partial charge in [-0.1, -0.05) is 0 Å². The van der Waals surface area contributed by atoms with E-state index >= 15 is 0 Å². The molecule has 0 aliphatic heterocycles. The van der Waals surface area contributed by atoms with Crippen molar-refractivity contribution in [2.45, 2.75) is 24.1 Å². The molecule has 8 nitrogen and oxygen atoms in total. The van der Waals surface area contributed by atoms with Crippen LogP contribution in [0.5, 0.6) is 0 Å². The zero-order chi connectivity index (χ0) is 13.3. The number of aryl methyl sites for hydroxylation is 2. The van der Waals surface area contributed by atoms with Gasteiger partial charge in [0, 0.05) is 0 Å². The van der Waals surface area contributed by atoms with E-state index in [2.05, 4.69) is 15.0 Å². The van der Waals surface area contributed by atoms with Crippen molar-refractivity contribution >= 4 is 23.3 Å². The molecule has 18 heavy (non-hydrogen) atoms. The van der Waals surface area contributed by atoms with Gasteiger partial charge in [-0.25, -0.2) is 15.0 Å². The van der Waals surface area contributed by atoms with Gasteiger partial charge in [-0.2, -0.15) is 0 Å². The number of nitro groups is 1. The van der Waals surface area contributed by atoms with Crippen molar-refractivity contribution in [1.29, 1.82) is 0 Å². The Morgan fingerprint density at radius 2 is 2.17 bits per heavy atom. The van der Waals surface area contributed by atoms with Crippen LogP contribution in [0.4, 0.5) is 11.5 Å². The Labute approximate surface area is 106 Å². The molecule has 0 saturated carbocycles. The highest BCUT2D eigenvalue weighted by Crippen LogP contribution is 2.35. The summed E-state index contributed by atoms with van der Waals surface area (Å²) < 4.78 is 5.32. The summed E-state index contributed by atoms with van der Waals surface area (Å²) in [6, 6.07) is 0. The smallest absolute Gasteiger partial charge is 0.343 e. The molecule has 9 heteroatoms. The number of nitrogens with zero attached hydrogens (tertiary/aromatic N) is 4. The van der Waals surface area contributed by atoms with Gasteiger partial charge in [-0.15, -0.1) is 0 Å². The minimum absolute atomic E-state index is 0.105. The molecule has 0 spiro atoms. The lowest BCUT2D eigenvalue weighted by Crippen LogP contribution is -2.01. The Hall–Kier alpha value is -2.16. The van der Waals surface area contributed by atoms with Gasteiger partial charge >= 0.3 is 5.69 Å². The molecule has 0 unspecified atom stereocenters. The van der Waals surface area contributed by atoms with Crippen LogP contribution in [0.1, 0.15) is 11.5 Å². The molecule has 0 fully saturated rings. The van der Waals surface area contributed by atoms with E-state index < -0.39 is 4.92 Å². The molecule has 2 rings (SSSR count). The minimum atomic E-state index is -0.625. The molecular formula is C9H9N5O3S. The van der Waals surface area contributed by atoms with Crippen LogP contribution in [0.25, 0.3) is 0 Å². The van der Waals surface area contributed by atoms with Crippen LogP contribution in [-0.4, -0.2) is 19.9 Å². The average Bonchev–Trinajstić information content (AvgIpc) is 2.57. The molecule has 2 aromatic heterocycles. The standard InChI is InChI=1S/C9H9N5O3S/c1-4-5(2)17-9(13-4)18-8-6(14(15)16)7(10)11-3-12-8/h3H,1-2H3,(H2,10,11,12). The zero-order valence-corrected chi connectivity index (χ0v) is 10.4. The number of rotatable bonds is 3. The molecule has 0 bridgehead atoms. The van der Waals surface area contributed by atoms with E-state index in [0.29, 0.717) is 5.76 Å². The predicted molar refractivity (Wildman–Crippen MR) is 63.2 cm³/mol. The summed E-state index contributed by atoms with van der Waals surface area (Å²) in [6.07, 6.45) is 1.16. The first-order valence-electron chi connectivity index (χ1n) is 4.85. The van der Waals surface area contributed by atoms with Gasteiger partial charge in [-0.3, -0.25) is 10.1 Å². The second-order valence-corrected chi connectivity index (χ2v) is 4.33. The van der Waals surface area contributed by atoms with Crippen LogP contribution in [0.15, 0.2) is 21.0 Å². The largest absolute Gasteiger partial charge is 0.436 e. The molecule has 2 heterocycles. The molecule has 2 N–H and O–H groups in total. The Morgan fingerprint density at radius 3 is 2.72 bits per heavy atom. The molecular weight excluding hydrogens is 258 g/mol. The summed E-state index contributed by atoms with van der Waals surface area (Å²) in [5.41, 5.74) is 5.84. The van der Waals surface area contributed by atoms with E-state index in [-0.39, 0.29) is 21.8 Å². The molecule has 0 radical (unpaired) electrons. The van der Waals surface area contributed by atoms with Crippen molar-refractivity contribution in [1.82, 2.24) is 15.0 Å². The number of oxazole rings is 1. The van der Waals surface area contributed by atoms with Gasteiger partial charge in [0.05, 0.1) is 10.6 Å². The molecule has 2 aromatic rings. The number of anilines is 1.